The molecule has 2 rings (SSSR count). The second kappa shape index (κ2) is 3.55. The molecule has 0 aromatic heterocycles. The maximum Gasteiger partial charge on any atom is 0.143 e. The van der Waals surface area contributed by atoms with Crippen molar-refractivity contribution in [3.8, 4) is 5.75 Å². The van der Waals surface area contributed by atoms with Gasteiger partial charge in [-0.05, 0) is 28.1 Å². The van der Waals surface area contributed by atoms with Gasteiger partial charge in [0.2, 0.25) is 0 Å². The third-order valence-corrected chi connectivity index (χ3v) is 2.65. The van der Waals surface area contributed by atoms with Crippen LogP contribution in [-0.2, 0) is 0 Å². The first-order valence-corrected chi connectivity index (χ1v) is 4.89. The number of aliphatic hydroxyl groups excluding tert-OH is 1. The molecule has 1 aliphatic heterocycles. The number of hydrogen-bond acceptors (Lipinski definition) is 3. The minimum Gasteiger partial charge on any atom is -0.489 e. The highest BCUT2D eigenvalue weighted by atomic mass is 79.9. The SMILES string of the molecule is OCC1COc2cccc(Br)c2N1. The van der Waals surface area contributed by atoms with E-state index in [-0.39, 0.29) is 12.6 Å². The summed E-state index contributed by atoms with van der Waals surface area (Å²) in [6.45, 7) is 0.598. The summed E-state index contributed by atoms with van der Waals surface area (Å²) in [7, 11) is 0. The van der Waals surface area contributed by atoms with Gasteiger partial charge in [-0.25, -0.2) is 0 Å². The zero-order valence-electron chi connectivity index (χ0n) is 6.96. The highest BCUT2D eigenvalue weighted by Crippen LogP contribution is 2.35. The van der Waals surface area contributed by atoms with Crippen molar-refractivity contribution in [3.05, 3.63) is 22.7 Å². The lowest BCUT2D eigenvalue weighted by molar-refractivity contribution is 0.207. The summed E-state index contributed by atoms with van der Waals surface area (Å²) in [6.07, 6.45) is 0. The number of para-hydroxylation sites is 1. The summed E-state index contributed by atoms with van der Waals surface area (Å²) in [6, 6.07) is 5.76. The third-order valence-electron chi connectivity index (χ3n) is 1.98. The van der Waals surface area contributed by atoms with Gasteiger partial charge in [0.25, 0.3) is 0 Å². The van der Waals surface area contributed by atoms with Crippen molar-refractivity contribution < 1.29 is 9.84 Å². The number of nitrogens with one attached hydrogen (secondary N) is 1. The predicted octanol–water partition coefficient (Wildman–Crippen LogP) is 1.61. The number of ether oxygens (including phenoxy) is 1. The Morgan fingerprint density at radius 3 is 3.23 bits per heavy atom. The molecule has 70 valence electrons. The first-order chi connectivity index (χ1) is 6.31. The molecule has 0 amide bonds. The summed E-state index contributed by atoms with van der Waals surface area (Å²) in [5.74, 6) is 0.832. The van der Waals surface area contributed by atoms with Crippen molar-refractivity contribution >= 4 is 21.6 Å². The summed E-state index contributed by atoms with van der Waals surface area (Å²) < 4.78 is 6.42. The quantitative estimate of drug-likeness (QED) is 0.788. The van der Waals surface area contributed by atoms with Crippen molar-refractivity contribution in [2.45, 2.75) is 6.04 Å². The van der Waals surface area contributed by atoms with E-state index in [1.54, 1.807) is 0 Å². The smallest absolute Gasteiger partial charge is 0.143 e. The molecule has 0 aliphatic carbocycles. The van der Waals surface area contributed by atoms with Crippen molar-refractivity contribution in [2.75, 3.05) is 18.5 Å². The van der Waals surface area contributed by atoms with Crippen LogP contribution in [0.4, 0.5) is 5.69 Å². The normalized spacial score (nSPS) is 20.0. The Hall–Kier alpha value is -0.740. The van der Waals surface area contributed by atoms with Crippen LogP contribution in [0, 0.1) is 0 Å². The average Bonchev–Trinajstić information content (AvgIpc) is 2.18. The molecule has 1 atom stereocenters. The third kappa shape index (κ3) is 1.64. The van der Waals surface area contributed by atoms with Gasteiger partial charge in [0.15, 0.2) is 0 Å². The van der Waals surface area contributed by atoms with Gasteiger partial charge in [0.05, 0.1) is 18.3 Å². The van der Waals surface area contributed by atoms with Gasteiger partial charge in [-0.15, -0.1) is 0 Å². The van der Waals surface area contributed by atoms with E-state index in [0.29, 0.717) is 6.61 Å². The lowest BCUT2D eigenvalue weighted by Gasteiger charge is -2.26. The standard InChI is InChI=1S/C9H10BrNO2/c10-7-2-1-3-8-9(7)11-6(4-12)5-13-8/h1-3,6,11-12H,4-5H2. The number of hydrogen-bond donors (Lipinski definition) is 2. The van der Waals surface area contributed by atoms with Gasteiger partial charge in [-0.3, -0.25) is 0 Å². The molecular weight excluding hydrogens is 234 g/mol. The zero-order chi connectivity index (χ0) is 9.26. The van der Waals surface area contributed by atoms with Gasteiger partial charge < -0.3 is 15.2 Å². The molecule has 1 aromatic rings. The van der Waals surface area contributed by atoms with Crippen LogP contribution >= 0.6 is 15.9 Å². The van der Waals surface area contributed by atoms with Crippen molar-refractivity contribution in [1.29, 1.82) is 0 Å². The lowest BCUT2D eigenvalue weighted by atomic mass is 10.2. The van der Waals surface area contributed by atoms with E-state index in [4.69, 9.17) is 9.84 Å². The van der Waals surface area contributed by atoms with E-state index >= 15 is 0 Å². The molecule has 0 bridgehead atoms. The molecule has 0 spiro atoms. The first kappa shape index (κ1) is 8.84. The van der Waals surface area contributed by atoms with Crippen LogP contribution in [0.15, 0.2) is 22.7 Å². The minimum atomic E-state index is -0.00815. The summed E-state index contributed by atoms with van der Waals surface area (Å²) in [5, 5.41) is 12.1. The number of anilines is 1. The molecule has 0 saturated carbocycles. The summed E-state index contributed by atoms with van der Waals surface area (Å²) in [5.41, 5.74) is 0.924. The van der Waals surface area contributed by atoms with E-state index in [2.05, 4.69) is 21.2 Å². The van der Waals surface area contributed by atoms with Gasteiger partial charge in [-0.2, -0.15) is 0 Å². The predicted molar refractivity (Wildman–Crippen MR) is 54.1 cm³/mol. The van der Waals surface area contributed by atoms with Crippen LogP contribution in [0.3, 0.4) is 0 Å². The monoisotopic (exact) mass is 243 g/mol. The zero-order valence-corrected chi connectivity index (χ0v) is 8.54. The van der Waals surface area contributed by atoms with Crippen LogP contribution in [0.2, 0.25) is 0 Å². The molecule has 0 fully saturated rings. The molecule has 3 nitrogen and oxygen atoms in total. The maximum absolute atomic E-state index is 8.95. The number of fused-ring (bicyclic) bond motifs is 1. The topological polar surface area (TPSA) is 41.5 Å². The Kier molecular flexibility index (Phi) is 2.42. The molecule has 0 radical (unpaired) electrons. The molecular formula is C9H10BrNO2. The van der Waals surface area contributed by atoms with Crippen molar-refractivity contribution in [2.24, 2.45) is 0 Å². The Balaban J connectivity index is 2.32. The highest BCUT2D eigenvalue weighted by Gasteiger charge is 2.19. The van der Waals surface area contributed by atoms with Crippen molar-refractivity contribution in [3.63, 3.8) is 0 Å². The number of aliphatic hydroxyl groups is 1. The Morgan fingerprint density at radius 2 is 2.46 bits per heavy atom. The van der Waals surface area contributed by atoms with Gasteiger partial charge >= 0.3 is 0 Å². The minimum absolute atomic E-state index is 0.00815. The molecule has 0 saturated heterocycles. The highest BCUT2D eigenvalue weighted by molar-refractivity contribution is 9.10. The second-order valence-corrected chi connectivity index (χ2v) is 3.80. The van der Waals surface area contributed by atoms with Gasteiger partial charge in [0, 0.05) is 4.47 Å². The molecule has 4 heteroatoms. The first-order valence-electron chi connectivity index (χ1n) is 4.10. The Bertz CT molecular complexity index is 316. The molecule has 1 unspecified atom stereocenters. The van der Waals surface area contributed by atoms with Crippen LogP contribution in [-0.4, -0.2) is 24.4 Å². The molecule has 1 heterocycles. The molecule has 2 N–H and O–H groups in total. The Morgan fingerprint density at radius 1 is 1.62 bits per heavy atom. The maximum atomic E-state index is 8.95. The van der Waals surface area contributed by atoms with E-state index in [1.165, 1.54) is 0 Å². The van der Waals surface area contributed by atoms with E-state index in [0.717, 1.165) is 15.9 Å². The number of halogens is 1. The van der Waals surface area contributed by atoms with Crippen molar-refractivity contribution in [1.82, 2.24) is 0 Å². The van der Waals surface area contributed by atoms with Crippen LogP contribution in [0.1, 0.15) is 0 Å². The second-order valence-electron chi connectivity index (χ2n) is 2.95. The largest absolute Gasteiger partial charge is 0.489 e. The van der Waals surface area contributed by atoms with Crippen LogP contribution < -0.4 is 10.1 Å². The fourth-order valence-corrected chi connectivity index (χ4v) is 1.76. The van der Waals surface area contributed by atoms with E-state index in [1.807, 2.05) is 18.2 Å². The number of rotatable bonds is 1. The lowest BCUT2D eigenvalue weighted by Crippen LogP contribution is -2.34. The average molecular weight is 244 g/mol. The number of benzene rings is 1. The Labute approximate surface area is 84.8 Å². The van der Waals surface area contributed by atoms with E-state index < -0.39 is 0 Å². The van der Waals surface area contributed by atoms with Gasteiger partial charge in [0.1, 0.15) is 12.4 Å². The summed E-state index contributed by atoms with van der Waals surface area (Å²) in [4.78, 5) is 0. The van der Waals surface area contributed by atoms with Crippen LogP contribution in [0.25, 0.3) is 0 Å². The van der Waals surface area contributed by atoms with Crippen LogP contribution in [0.5, 0.6) is 5.75 Å². The molecule has 1 aromatic carbocycles. The molecule has 1 aliphatic rings. The molecule has 13 heavy (non-hydrogen) atoms. The van der Waals surface area contributed by atoms with E-state index in [9.17, 15) is 0 Å². The fraction of sp³-hybridized carbons (Fsp3) is 0.333. The fourth-order valence-electron chi connectivity index (χ4n) is 1.30. The summed E-state index contributed by atoms with van der Waals surface area (Å²) >= 11 is 3.41. The van der Waals surface area contributed by atoms with Gasteiger partial charge in [-0.1, -0.05) is 6.07 Å².